The molecule has 2 aliphatic heterocycles. The molecule has 3 heterocycles. The molecule has 178 valence electrons. The normalized spacial score (nSPS) is 19.9. The highest BCUT2D eigenvalue weighted by Crippen LogP contribution is 2.26. The van der Waals surface area contributed by atoms with E-state index in [1.54, 1.807) is 0 Å². The maximum absolute atomic E-state index is 13.5. The molecule has 32 heavy (non-hydrogen) atoms. The van der Waals surface area contributed by atoms with Gasteiger partial charge in [0.25, 0.3) is 0 Å². The summed E-state index contributed by atoms with van der Waals surface area (Å²) in [7, 11) is 0. The molecule has 1 aromatic carbocycles. The number of likely N-dealkylation sites (tertiary alicyclic amines) is 2. The number of benzene rings is 1. The van der Waals surface area contributed by atoms with Crippen LogP contribution in [0, 0.1) is 0 Å². The molecule has 2 N–H and O–H groups in total. The molecule has 2 aromatic rings. The molecule has 0 saturated carbocycles. The van der Waals surface area contributed by atoms with Crippen molar-refractivity contribution in [2.24, 2.45) is 5.73 Å². The first-order valence-corrected chi connectivity index (χ1v) is 12.8. The van der Waals surface area contributed by atoms with Crippen LogP contribution in [0.25, 0.3) is 11.0 Å². The van der Waals surface area contributed by atoms with Crippen LogP contribution in [0.1, 0.15) is 71.3 Å². The maximum Gasteiger partial charge on any atom is 0.329 e. The van der Waals surface area contributed by atoms with E-state index >= 15 is 0 Å². The quantitative estimate of drug-likeness (QED) is 0.640. The summed E-state index contributed by atoms with van der Waals surface area (Å²) in [5.74, 6) is 0.638. The van der Waals surface area contributed by atoms with Gasteiger partial charge < -0.3 is 15.5 Å². The number of unbranched alkanes of at least 4 members (excludes halogenated alkanes) is 1. The average Bonchev–Trinajstić information content (AvgIpc) is 2.96. The summed E-state index contributed by atoms with van der Waals surface area (Å²) >= 11 is 0. The molecule has 2 aliphatic rings. The fourth-order valence-corrected chi connectivity index (χ4v) is 5.21. The van der Waals surface area contributed by atoms with E-state index in [2.05, 4.69) is 33.1 Å². The number of aryl methyl sites for hydroxylation is 1. The van der Waals surface area contributed by atoms with E-state index in [-0.39, 0.29) is 11.7 Å². The van der Waals surface area contributed by atoms with Gasteiger partial charge in [-0.3, -0.25) is 9.13 Å². The minimum atomic E-state index is 0.152. The largest absolute Gasteiger partial charge is 0.386 e. The van der Waals surface area contributed by atoms with Crippen LogP contribution in [0.3, 0.4) is 0 Å². The van der Waals surface area contributed by atoms with Crippen LogP contribution < -0.4 is 11.4 Å². The monoisotopic (exact) mass is 441 g/mol. The lowest BCUT2D eigenvalue weighted by atomic mass is 10.1. The zero-order chi connectivity index (χ0) is 22.9. The zero-order valence-corrected chi connectivity index (χ0v) is 20.3. The molecule has 1 aromatic heterocycles. The molecule has 0 spiro atoms. The lowest BCUT2D eigenvalue weighted by Gasteiger charge is -2.26. The zero-order valence-electron chi connectivity index (χ0n) is 20.3. The average molecular weight is 442 g/mol. The SMILES string of the molecule is C=C(N)N1CCCC(n2c(=O)n(CCCCN3CCCCC3)c3ccccc32)CC1.CC. The highest BCUT2D eigenvalue weighted by atomic mass is 16.1. The first kappa shape index (κ1) is 24.4. The molecule has 1 atom stereocenters. The second kappa shape index (κ2) is 12.1. The van der Waals surface area contributed by atoms with Crippen molar-refractivity contribution in [2.45, 2.75) is 77.8 Å². The molecule has 0 aliphatic carbocycles. The number of imidazole rings is 1. The van der Waals surface area contributed by atoms with Crippen molar-refractivity contribution >= 4 is 11.0 Å². The smallest absolute Gasteiger partial charge is 0.329 e. The molecule has 0 radical (unpaired) electrons. The number of piperidine rings is 1. The van der Waals surface area contributed by atoms with Gasteiger partial charge in [0, 0.05) is 25.7 Å². The van der Waals surface area contributed by atoms with E-state index in [0.29, 0.717) is 5.82 Å². The van der Waals surface area contributed by atoms with E-state index < -0.39 is 0 Å². The number of para-hydroxylation sites is 2. The van der Waals surface area contributed by atoms with Gasteiger partial charge in [-0.25, -0.2) is 4.79 Å². The van der Waals surface area contributed by atoms with Crippen molar-refractivity contribution in [1.29, 1.82) is 0 Å². The van der Waals surface area contributed by atoms with Gasteiger partial charge in [0.05, 0.1) is 16.9 Å². The molecule has 1 unspecified atom stereocenters. The summed E-state index contributed by atoms with van der Waals surface area (Å²) in [6, 6.07) is 8.52. The lowest BCUT2D eigenvalue weighted by molar-refractivity contribution is 0.223. The van der Waals surface area contributed by atoms with Crippen LogP contribution in [-0.4, -0.2) is 51.7 Å². The Bertz CT molecular complexity index is 909. The van der Waals surface area contributed by atoms with E-state index in [4.69, 9.17) is 5.73 Å². The van der Waals surface area contributed by atoms with Gasteiger partial charge in [0.15, 0.2) is 0 Å². The third kappa shape index (κ3) is 5.77. The van der Waals surface area contributed by atoms with Gasteiger partial charge in [0.1, 0.15) is 0 Å². The molecule has 2 fully saturated rings. The van der Waals surface area contributed by atoms with Crippen molar-refractivity contribution < 1.29 is 0 Å². The van der Waals surface area contributed by atoms with Crippen LogP contribution in [0.15, 0.2) is 41.5 Å². The highest BCUT2D eigenvalue weighted by Gasteiger charge is 2.23. The molecule has 0 bridgehead atoms. The summed E-state index contributed by atoms with van der Waals surface area (Å²) in [4.78, 5) is 18.2. The molecule has 6 heteroatoms. The second-order valence-corrected chi connectivity index (χ2v) is 8.97. The Hall–Kier alpha value is -2.21. The van der Waals surface area contributed by atoms with Gasteiger partial charge in [0.2, 0.25) is 0 Å². The van der Waals surface area contributed by atoms with Crippen LogP contribution in [0.2, 0.25) is 0 Å². The minimum absolute atomic E-state index is 0.152. The predicted octanol–water partition coefficient (Wildman–Crippen LogP) is 4.55. The van der Waals surface area contributed by atoms with Crippen molar-refractivity contribution in [3.05, 3.63) is 47.1 Å². The van der Waals surface area contributed by atoms with Gasteiger partial charge >= 0.3 is 5.69 Å². The summed E-state index contributed by atoms with van der Waals surface area (Å²) in [6.45, 7) is 14.1. The third-order valence-corrected chi connectivity index (χ3v) is 6.89. The van der Waals surface area contributed by atoms with E-state index in [1.165, 1.54) is 32.4 Å². The first-order chi connectivity index (χ1) is 15.6. The Morgan fingerprint density at radius 1 is 0.938 bits per heavy atom. The van der Waals surface area contributed by atoms with E-state index in [9.17, 15) is 4.79 Å². The third-order valence-electron chi connectivity index (χ3n) is 6.89. The van der Waals surface area contributed by atoms with Crippen molar-refractivity contribution in [2.75, 3.05) is 32.7 Å². The maximum atomic E-state index is 13.5. The van der Waals surface area contributed by atoms with E-state index in [0.717, 1.165) is 69.3 Å². The van der Waals surface area contributed by atoms with E-state index in [1.807, 2.05) is 30.5 Å². The highest BCUT2D eigenvalue weighted by molar-refractivity contribution is 5.76. The summed E-state index contributed by atoms with van der Waals surface area (Å²) in [5, 5.41) is 0. The Morgan fingerprint density at radius 3 is 2.34 bits per heavy atom. The Labute approximate surface area is 193 Å². The number of hydrogen-bond donors (Lipinski definition) is 1. The topological polar surface area (TPSA) is 59.4 Å². The van der Waals surface area contributed by atoms with Crippen molar-refractivity contribution in [1.82, 2.24) is 18.9 Å². The van der Waals surface area contributed by atoms with Crippen LogP contribution in [0.5, 0.6) is 0 Å². The number of nitrogens with two attached hydrogens (primary N) is 1. The van der Waals surface area contributed by atoms with Crippen molar-refractivity contribution in [3.63, 3.8) is 0 Å². The molecular weight excluding hydrogens is 398 g/mol. The summed E-state index contributed by atoms with van der Waals surface area (Å²) in [5.41, 5.74) is 8.22. The Balaban J connectivity index is 0.00000141. The van der Waals surface area contributed by atoms with Gasteiger partial charge in [-0.05, 0) is 76.7 Å². The molecule has 0 amide bonds. The molecular formula is C26H43N5O. The molecule has 2 saturated heterocycles. The number of nitrogens with zero attached hydrogens (tertiary/aromatic N) is 4. The number of rotatable bonds is 7. The summed E-state index contributed by atoms with van der Waals surface area (Å²) < 4.78 is 4.07. The number of fused-ring (bicyclic) bond motifs is 1. The molecule has 6 nitrogen and oxygen atoms in total. The van der Waals surface area contributed by atoms with Crippen LogP contribution in [-0.2, 0) is 6.54 Å². The lowest BCUT2D eigenvalue weighted by Crippen LogP contribution is -2.31. The summed E-state index contributed by atoms with van der Waals surface area (Å²) in [6.07, 6.45) is 9.23. The Kier molecular flexibility index (Phi) is 9.27. The number of hydrogen-bond acceptors (Lipinski definition) is 4. The van der Waals surface area contributed by atoms with Gasteiger partial charge in [-0.1, -0.05) is 39.0 Å². The molecule has 4 rings (SSSR count). The van der Waals surface area contributed by atoms with Gasteiger partial charge in [-0.2, -0.15) is 0 Å². The van der Waals surface area contributed by atoms with Gasteiger partial charge in [-0.15, -0.1) is 0 Å². The fraction of sp³-hybridized carbons (Fsp3) is 0.654. The first-order valence-electron chi connectivity index (χ1n) is 12.8. The van der Waals surface area contributed by atoms with Crippen LogP contribution >= 0.6 is 0 Å². The minimum Gasteiger partial charge on any atom is -0.386 e. The van der Waals surface area contributed by atoms with Crippen molar-refractivity contribution in [3.8, 4) is 0 Å². The standard InChI is InChI=1S/C24H37N5O.C2H6/c1-20(25)27-17-9-10-21(13-19-27)29-23-12-4-3-11-22(23)28(24(29)30)18-8-7-16-26-14-5-2-6-15-26;1-2/h3-4,11-12,21H,1-2,5-10,13-19,25H2;1-2H3. The van der Waals surface area contributed by atoms with Crippen LogP contribution in [0.4, 0.5) is 0 Å². The second-order valence-electron chi connectivity index (χ2n) is 8.97. The fourth-order valence-electron chi connectivity index (χ4n) is 5.21. The number of aromatic nitrogens is 2. The predicted molar refractivity (Wildman–Crippen MR) is 135 cm³/mol. The Morgan fingerprint density at radius 2 is 1.62 bits per heavy atom.